The van der Waals surface area contributed by atoms with E-state index in [1.54, 1.807) is 5.57 Å². The molecule has 1 nitrogen and oxygen atoms in total. The first-order valence-electron chi connectivity index (χ1n) is 5.76. The van der Waals surface area contributed by atoms with Gasteiger partial charge in [0.25, 0.3) is 0 Å². The Morgan fingerprint density at radius 2 is 1.78 bits per heavy atom. The van der Waals surface area contributed by atoms with Gasteiger partial charge in [-0.25, -0.2) is 0 Å². The number of halogens is 2. The summed E-state index contributed by atoms with van der Waals surface area (Å²) in [6.45, 7) is 3.42. The Hall–Kier alpha value is 0.214. The number of rotatable bonds is 3. The van der Waals surface area contributed by atoms with Crippen molar-refractivity contribution in [2.45, 2.75) is 17.6 Å². The van der Waals surface area contributed by atoms with E-state index in [4.69, 9.17) is 0 Å². The number of hydrogen-bond donors (Lipinski definition) is 0. The van der Waals surface area contributed by atoms with Crippen LogP contribution in [0.25, 0.3) is 5.57 Å². The quantitative estimate of drug-likeness (QED) is 0.538. The molecule has 0 amide bonds. The van der Waals surface area contributed by atoms with Gasteiger partial charge in [-0.1, -0.05) is 0 Å². The van der Waals surface area contributed by atoms with E-state index in [0.717, 1.165) is 6.54 Å². The molecule has 0 spiro atoms. The normalized spacial score (nSPS) is 17.3. The Labute approximate surface area is 134 Å². The molecule has 2 rings (SSSR count). The van der Waals surface area contributed by atoms with Crippen molar-refractivity contribution in [1.82, 2.24) is 4.90 Å². The first kappa shape index (κ1) is 18.2. The summed E-state index contributed by atoms with van der Waals surface area (Å²) in [4.78, 5) is 2.26. The van der Waals surface area contributed by atoms with E-state index < -0.39 is 0 Å². The summed E-state index contributed by atoms with van der Waals surface area (Å²) < 4.78 is 0.608. The second-order valence-electron chi connectivity index (χ2n) is 4.72. The number of hydrogen-bond acceptors (Lipinski definition) is 1. The molecule has 18 heavy (non-hydrogen) atoms. The molecule has 1 aromatic rings. The van der Waals surface area contributed by atoms with Crippen LogP contribution in [0, 0.1) is 0 Å². The predicted octanol–water partition coefficient (Wildman–Crippen LogP) is -2.98. The van der Waals surface area contributed by atoms with Crippen molar-refractivity contribution in [2.75, 3.05) is 20.6 Å². The molecule has 0 bridgehead atoms. The molecule has 0 N–H and O–H groups in total. The van der Waals surface area contributed by atoms with Gasteiger partial charge in [0.2, 0.25) is 0 Å². The van der Waals surface area contributed by atoms with Crippen LogP contribution < -0.4 is 24.8 Å². The molecule has 0 heterocycles. The van der Waals surface area contributed by atoms with Gasteiger partial charge in [-0.15, -0.1) is 0 Å². The molecule has 1 aromatic carbocycles. The summed E-state index contributed by atoms with van der Waals surface area (Å²) in [7, 11) is 4.28. The second kappa shape index (κ2) is 7.72. The fourth-order valence-electron chi connectivity index (χ4n) is 2.34. The van der Waals surface area contributed by atoms with Gasteiger partial charge in [0.05, 0.1) is 0 Å². The van der Waals surface area contributed by atoms with Gasteiger partial charge in [-0.3, -0.25) is 0 Å². The van der Waals surface area contributed by atoms with Crippen molar-refractivity contribution < 1.29 is 45.2 Å². The molecule has 0 fully saturated rings. The summed E-state index contributed by atoms with van der Waals surface area (Å²) in [5, 5.41) is 0. The maximum absolute atomic E-state index is 2.33. The molecule has 1 unspecified atom stereocenters. The second-order valence-corrected chi connectivity index (χ2v) is 5.63. The molecule has 0 aliphatic heterocycles. The van der Waals surface area contributed by atoms with Crippen LogP contribution in [0.5, 0.6) is 0 Å². The molecule has 0 saturated heterocycles. The van der Waals surface area contributed by atoms with Crippen molar-refractivity contribution in [3.8, 4) is 0 Å². The van der Waals surface area contributed by atoms with Gasteiger partial charge in [0, 0.05) is 0 Å². The average molecular weight is 319 g/mol. The van der Waals surface area contributed by atoms with Crippen molar-refractivity contribution in [2.24, 2.45) is 0 Å². The van der Waals surface area contributed by atoms with Crippen LogP contribution >= 0.6 is 0 Å². The van der Waals surface area contributed by atoms with Gasteiger partial charge < -0.3 is 24.8 Å². The first-order valence-corrected chi connectivity index (χ1v) is 6.66. The van der Waals surface area contributed by atoms with Crippen molar-refractivity contribution in [3.05, 3.63) is 41.0 Å². The number of allylic oxidation sites excluding steroid dienone is 1. The Balaban J connectivity index is 0.00000144. The van der Waals surface area contributed by atoms with Gasteiger partial charge in [0.15, 0.2) is 0 Å². The third-order valence-corrected chi connectivity index (χ3v) is 4.36. The van der Waals surface area contributed by atoms with Crippen LogP contribution in [0.1, 0.15) is 28.7 Å². The molecule has 1 aliphatic carbocycles. The molecule has 1 aliphatic rings. The molecule has 0 radical (unpaired) electrons. The standard InChI is InChI=1S/C14H18N.2ClH.Ti/c1-11-12(8-9-15(2)3)10-13-6-4-5-7-14(11)13;;;/h4-7,10H,8-9H2,1-3H3;2*1H;/q;;;+2/p-2. The van der Waals surface area contributed by atoms with E-state index in [1.165, 1.54) is 23.1 Å². The SMILES string of the molecule is CC1=C(CCN(C)C)[CH]([Ti+2])c2ccccc21.[Cl-].[Cl-]. The molecule has 4 heteroatoms. The first-order chi connectivity index (χ1) is 7.61. The van der Waals surface area contributed by atoms with Crippen LogP contribution in [-0.4, -0.2) is 25.5 Å². The van der Waals surface area contributed by atoms with Crippen LogP contribution in [0.2, 0.25) is 0 Å². The van der Waals surface area contributed by atoms with E-state index in [1.807, 2.05) is 0 Å². The maximum Gasteiger partial charge on any atom is -1.00 e. The van der Waals surface area contributed by atoms with Crippen LogP contribution in [0.15, 0.2) is 29.8 Å². The molecular formula is C14H18Cl2NTi. The zero-order valence-electron chi connectivity index (χ0n) is 11.0. The van der Waals surface area contributed by atoms with Gasteiger partial charge in [-0.2, -0.15) is 0 Å². The van der Waals surface area contributed by atoms with Crippen LogP contribution in [-0.2, 0) is 20.4 Å². The van der Waals surface area contributed by atoms with Crippen LogP contribution in [0.4, 0.5) is 0 Å². The Kier molecular flexibility index (Phi) is 7.81. The molecule has 0 saturated carbocycles. The maximum atomic E-state index is 2.33. The molecule has 97 valence electrons. The zero-order valence-corrected chi connectivity index (χ0v) is 14.1. The summed E-state index contributed by atoms with van der Waals surface area (Å²) in [6, 6.07) is 8.82. The number of fused-ring (bicyclic) bond motifs is 1. The van der Waals surface area contributed by atoms with Crippen molar-refractivity contribution >= 4 is 5.57 Å². The largest absolute Gasteiger partial charge is 1.00 e. The van der Waals surface area contributed by atoms with E-state index in [-0.39, 0.29) is 24.8 Å². The summed E-state index contributed by atoms with van der Waals surface area (Å²) >= 11 is 2.33. The van der Waals surface area contributed by atoms with Crippen LogP contribution in [0.3, 0.4) is 0 Å². The minimum absolute atomic E-state index is 0. The van der Waals surface area contributed by atoms with Gasteiger partial charge >= 0.3 is 110 Å². The third kappa shape index (κ3) is 3.62. The van der Waals surface area contributed by atoms with E-state index in [2.05, 4.69) is 70.6 Å². The number of benzene rings is 1. The smallest absolute Gasteiger partial charge is 1.00 e. The van der Waals surface area contributed by atoms with Gasteiger partial charge in [-0.05, 0) is 0 Å². The summed E-state index contributed by atoms with van der Waals surface area (Å²) in [6.07, 6.45) is 1.19. The molecule has 1 atom stereocenters. The average Bonchev–Trinajstić information content (AvgIpc) is 2.50. The van der Waals surface area contributed by atoms with E-state index >= 15 is 0 Å². The monoisotopic (exact) mass is 318 g/mol. The number of nitrogens with zero attached hydrogens (tertiary/aromatic N) is 1. The van der Waals surface area contributed by atoms with Crippen molar-refractivity contribution in [1.29, 1.82) is 0 Å². The minimum atomic E-state index is 0. The Bertz CT molecular complexity index is 430. The Morgan fingerprint density at radius 3 is 2.33 bits per heavy atom. The van der Waals surface area contributed by atoms with E-state index in [0.29, 0.717) is 4.22 Å². The summed E-state index contributed by atoms with van der Waals surface area (Å²) in [5.74, 6) is 0. The van der Waals surface area contributed by atoms with Crippen molar-refractivity contribution in [3.63, 3.8) is 0 Å². The van der Waals surface area contributed by atoms with E-state index in [9.17, 15) is 0 Å². The summed E-state index contributed by atoms with van der Waals surface area (Å²) in [5.41, 5.74) is 6.09. The fraction of sp³-hybridized carbons (Fsp3) is 0.429. The Morgan fingerprint density at radius 1 is 1.17 bits per heavy atom. The molecular weight excluding hydrogens is 301 g/mol. The predicted molar refractivity (Wildman–Crippen MR) is 64.9 cm³/mol. The third-order valence-electron chi connectivity index (χ3n) is 3.33. The molecule has 0 aromatic heterocycles. The topological polar surface area (TPSA) is 3.24 Å². The zero-order chi connectivity index (χ0) is 11.7. The fourth-order valence-corrected chi connectivity index (χ4v) is 3.30. The minimum Gasteiger partial charge on any atom is -1.00 e. The van der Waals surface area contributed by atoms with Gasteiger partial charge in [0.1, 0.15) is 0 Å².